The number of carboxylic acids is 1. The number of nitrogens with zero attached hydrogens (tertiary/aromatic N) is 3. The standard InChI is InChI=1S/C26H34N6O6S.ClH/c1-30(20-7-4-12-31(15-20)26(27)28)23(33)14-22(25(36)32(16-24(34)35)19-9-10-19)29-39(37,38)21-11-8-17-5-2-3-6-18(17)13-21;/h2-3,5-6,8,11,13,19-20,22,29H,4,7,9-10,12,14-16H2,1H3,(H3,27,28)(H,34,35);1H/t20-,22+;/m1./s1. The van der Waals surface area contributed by atoms with E-state index in [4.69, 9.17) is 11.1 Å². The Morgan fingerprint density at radius 1 is 1.12 bits per heavy atom. The van der Waals surface area contributed by atoms with E-state index in [0.717, 1.165) is 10.3 Å². The third kappa shape index (κ3) is 7.40. The summed E-state index contributed by atoms with van der Waals surface area (Å²) in [6.07, 6.45) is 2.12. The molecule has 2 aromatic rings. The van der Waals surface area contributed by atoms with E-state index in [1.54, 1.807) is 30.1 Å². The predicted molar refractivity (Wildman–Crippen MR) is 152 cm³/mol. The van der Waals surface area contributed by atoms with Crippen molar-refractivity contribution in [2.75, 3.05) is 26.7 Å². The van der Waals surface area contributed by atoms with E-state index in [-0.39, 0.29) is 35.3 Å². The van der Waals surface area contributed by atoms with Gasteiger partial charge in [0.2, 0.25) is 21.8 Å². The molecule has 1 saturated heterocycles. The summed E-state index contributed by atoms with van der Waals surface area (Å²) in [7, 11) is -2.67. The second-order valence-electron chi connectivity index (χ2n) is 10.1. The first-order chi connectivity index (χ1) is 18.5. The number of likely N-dealkylation sites (N-methyl/N-ethyl adjacent to an activating group) is 1. The van der Waals surface area contributed by atoms with Crippen molar-refractivity contribution < 1.29 is 27.9 Å². The van der Waals surface area contributed by atoms with E-state index in [0.29, 0.717) is 44.2 Å². The van der Waals surface area contributed by atoms with Crippen molar-refractivity contribution in [3.8, 4) is 0 Å². The molecule has 0 radical (unpaired) electrons. The van der Waals surface area contributed by atoms with Crippen molar-refractivity contribution in [1.29, 1.82) is 5.41 Å². The Balaban J connectivity index is 0.00000441. The number of rotatable bonds is 10. The number of guanidine groups is 1. The molecule has 1 saturated carbocycles. The first kappa shape index (κ1) is 31.1. The average molecular weight is 595 g/mol. The van der Waals surface area contributed by atoms with Gasteiger partial charge in [-0.05, 0) is 48.6 Å². The number of aliphatic carboxylic acids is 1. The molecule has 2 fully saturated rings. The molecule has 2 amide bonds. The van der Waals surface area contributed by atoms with Gasteiger partial charge in [-0.1, -0.05) is 30.3 Å². The Hall–Kier alpha value is -3.42. The lowest BCUT2D eigenvalue weighted by Gasteiger charge is -2.38. The van der Waals surface area contributed by atoms with Gasteiger partial charge in [-0.3, -0.25) is 19.8 Å². The fourth-order valence-electron chi connectivity index (χ4n) is 4.90. The Kier molecular flexibility index (Phi) is 9.98. The van der Waals surface area contributed by atoms with Crippen molar-refractivity contribution >= 4 is 56.9 Å². The molecule has 5 N–H and O–H groups in total. The topological polar surface area (TPSA) is 177 Å². The number of carbonyl (C=O) groups excluding carboxylic acids is 2. The molecule has 0 unspecified atom stereocenters. The van der Waals surface area contributed by atoms with E-state index >= 15 is 0 Å². The van der Waals surface area contributed by atoms with Crippen LogP contribution in [0.25, 0.3) is 10.8 Å². The van der Waals surface area contributed by atoms with Crippen LogP contribution in [0.4, 0.5) is 0 Å². The van der Waals surface area contributed by atoms with Gasteiger partial charge >= 0.3 is 5.97 Å². The quantitative estimate of drug-likeness (QED) is 0.234. The summed E-state index contributed by atoms with van der Waals surface area (Å²) in [5.74, 6) is -2.54. The second-order valence-corrected chi connectivity index (χ2v) is 11.8. The minimum Gasteiger partial charge on any atom is -0.480 e. The van der Waals surface area contributed by atoms with Crippen molar-refractivity contribution in [1.82, 2.24) is 19.4 Å². The predicted octanol–water partition coefficient (Wildman–Crippen LogP) is 1.19. The third-order valence-corrected chi connectivity index (χ3v) is 8.73. The Morgan fingerprint density at radius 2 is 1.80 bits per heavy atom. The van der Waals surface area contributed by atoms with Crippen LogP contribution in [-0.4, -0.2) is 96.8 Å². The molecule has 2 aliphatic rings. The molecule has 4 rings (SSSR count). The number of halogens is 1. The Labute approximate surface area is 239 Å². The van der Waals surface area contributed by atoms with Crippen LogP contribution in [-0.2, 0) is 24.4 Å². The Morgan fingerprint density at radius 3 is 2.42 bits per heavy atom. The summed E-state index contributed by atoms with van der Waals surface area (Å²) in [5.41, 5.74) is 5.62. The zero-order valence-corrected chi connectivity index (χ0v) is 23.8. The number of hydrogen-bond donors (Lipinski definition) is 4. The summed E-state index contributed by atoms with van der Waals surface area (Å²) in [5, 5.41) is 18.6. The van der Waals surface area contributed by atoms with Gasteiger partial charge in [-0.15, -0.1) is 12.4 Å². The number of carboxylic acid groups (broad SMARTS) is 1. The number of hydrogen-bond acceptors (Lipinski definition) is 6. The number of sulfonamides is 1. The van der Waals surface area contributed by atoms with Gasteiger partial charge in [0.05, 0.1) is 11.3 Å². The molecular weight excluding hydrogens is 560 g/mol. The van der Waals surface area contributed by atoms with Crippen LogP contribution in [0.15, 0.2) is 47.4 Å². The maximum Gasteiger partial charge on any atom is 0.323 e. The summed E-state index contributed by atoms with van der Waals surface area (Å²) in [6, 6.07) is 9.72. The van der Waals surface area contributed by atoms with Gasteiger partial charge in [0, 0.05) is 32.2 Å². The minimum atomic E-state index is -4.25. The van der Waals surface area contributed by atoms with Gasteiger partial charge < -0.3 is 25.5 Å². The Bertz CT molecular complexity index is 1380. The fraction of sp³-hybridized carbons (Fsp3) is 0.462. The van der Waals surface area contributed by atoms with E-state index < -0.39 is 46.8 Å². The molecule has 0 aromatic heterocycles. The van der Waals surface area contributed by atoms with Crippen LogP contribution in [0.3, 0.4) is 0 Å². The maximum absolute atomic E-state index is 13.6. The van der Waals surface area contributed by atoms with Crippen LogP contribution in [0.2, 0.25) is 0 Å². The molecule has 0 spiro atoms. The highest BCUT2D eigenvalue weighted by Crippen LogP contribution is 2.28. The van der Waals surface area contributed by atoms with Crippen molar-refractivity contribution in [2.24, 2.45) is 5.73 Å². The zero-order chi connectivity index (χ0) is 28.3. The minimum absolute atomic E-state index is 0. The first-order valence-corrected chi connectivity index (χ1v) is 14.3. The monoisotopic (exact) mass is 594 g/mol. The lowest BCUT2D eigenvalue weighted by molar-refractivity contribution is -0.146. The highest BCUT2D eigenvalue weighted by atomic mass is 35.5. The highest BCUT2D eigenvalue weighted by Gasteiger charge is 2.40. The number of nitrogens with one attached hydrogen (secondary N) is 2. The van der Waals surface area contributed by atoms with Crippen LogP contribution in [0.5, 0.6) is 0 Å². The van der Waals surface area contributed by atoms with Crippen molar-refractivity contribution in [3.05, 3.63) is 42.5 Å². The molecule has 2 aromatic carbocycles. The lowest BCUT2D eigenvalue weighted by atomic mass is 10.0. The summed E-state index contributed by atoms with van der Waals surface area (Å²) >= 11 is 0. The molecule has 0 bridgehead atoms. The molecule has 12 nitrogen and oxygen atoms in total. The summed E-state index contributed by atoms with van der Waals surface area (Å²) in [6.45, 7) is 0.371. The van der Waals surface area contributed by atoms with E-state index in [1.807, 2.05) is 12.1 Å². The number of fused-ring (bicyclic) bond motifs is 1. The van der Waals surface area contributed by atoms with Crippen molar-refractivity contribution in [2.45, 2.75) is 55.1 Å². The van der Waals surface area contributed by atoms with Gasteiger partial charge in [0.15, 0.2) is 5.96 Å². The summed E-state index contributed by atoms with van der Waals surface area (Å²) < 4.78 is 29.3. The zero-order valence-electron chi connectivity index (χ0n) is 22.2. The van der Waals surface area contributed by atoms with E-state index in [2.05, 4.69) is 4.72 Å². The highest BCUT2D eigenvalue weighted by molar-refractivity contribution is 7.89. The van der Waals surface area contributed by atoms with Crippen LogP contribution < -0.4 is 10.5 Å². The number of benzene rings is 2. The van der Waals surface area contributed by atoms with Gasteiger partial charge in [0.1, 0.15) is 12.6 Å². The van der Waals surface area contributed by atoms with Crippen molar-refractivity contribution in [3.63, 3.8) is 0 Å². The van der Waals surface area contributed by atoms with Gasteiger partial charge in [-0.25, -0.2) is 8.42 Å². The number of likely N-dealkylation sites (tertiary alicyclic amines) is 1. The number of amides is 2. The van der Waals surface area contributed by atoms with Crippen LogP contribution in [0.1, 0.15) is 32.1 Å². The van der Waals surface area contributed by atoms with Gasteiger partial charge in [-0.2, -0.15) is 4.72 Å². The van der Waals surface area contributed by atoms with E-state index in [1.165, 1.54) is 17.0 Å². The molecule has 1 heterocycles. The molecule has 40 heavy (non-hydrogen) atoms. The van der Waals surface area contributed by atoms with Crippen LogP contribution >= 0.6 is 12.4 Å². The molecule has 1 aliphatic heterocycles. The number of nitrogens with two attached hydrogens (primary N) is 1. The number of carbonyl (C=O) groups is 3. The SMILES string of the molecule is CN(C(=O)C[C@H](NS(=O)(=O)c1ccc2ccccc2c1)C(=O)N(CC(=O)O)C1CC1)[C@@H]1CCCN(C(=N)N)C1.Cl. The maximum atomic E-state index is 13.6. The lowest BCUT2D eigenvalue weighted by Crippen LogP contribution is -2.55. The smallest absolute Gasteiger partial charge is 0.323 e. The molecule has 218 valence electrons. The van der Waals surface area contributed by atoms with Crippen LogP contribution in [0, 0.1) is 5.41 Å². The normalized spacial score (nSPS) is 17.9. The molecule has 14 heteroatoms. The third-order valence-electron chi connectivity index (χ3n) is 7.26. The van der Waals surface area contributed by atoms with Gasteiger partial charge in [0.25, 0.3) is 0 Å². The molecule has 1 aliphatic carbocycles. The second kappa shape index (κ2) is 12.8. The molecular formula is C26H35ClN6O6S. The first-order valence-electron chi connectivity index (χ1n) is 12.8. The number of piperidine rings is 1. The molecule has 2 atom stereocenters. The largest absolute Gasteiger partial charge is 0.480 e. The fourth-order valence-corrected chi connectivity index (χ4v) is 6.12. The average Bonchev–Trinajstić information content (AvgIpc) is 3.75. The van der Waals surface area contributed by atoms with E-state index in [9.17, 15) is 27.9 Å². The summed E-state index contributed by atoms with van der Waals surface area (Å²) in [4.78, 5) is 42.6.